The zero-order valence-corrected chi connectivity index (χ0v) is 7.13. The van der Waals surface area contributed by atoms with Gasteiger partial charge in [0.25, 0.3) is 0 Å². The van der Waals surface area contributed by atoms with Crippen LogP contribution in [0.15, 0.2) is 24.3 Å². The number of hydrogen-bond donors (Lipinski definition) is 1. The predicted octanol–water partition coefficient (Wildman–Crippen LogP) is 1.71. The van der Waals surface area contributed by atoms with E-state index in [9.17, 15) is 4.79 Å². The highest BCUT2D eigenvalue weighted by molar-refractivity contribution is 5.70. The van der Waals surface area contributed by atoms with Gasteiger partial charge in [0.05, 0.1) is 0 Å². The molecule has 12 heavy (non-hydrogen) atoms. The van der Waals surface area contributed by atoms with E-state index < -0.39 is 6.09 Å². The molecule has 64 valence electrons. The molecule has 0 spiro atoms. The molecule has 1 aromatic carbocycles. The maximum Gasteiger partial charge on any atom is 0.412 e. The molecule has 0 aliphatic carbocycles. The van der Waals surface area contributed by atoms with Crippen LogP contribution in [0.5, 0.6) is 5.75 Å². The summed E-state index contributed by atoms with van der Waals surface area (Å²) in [6.07, 6.45) is -0.440. The van der Waals surface area contributed by atoms with Crippen LogP contribution in [0.4, 0.5) is 4.79 Å². The first kappa shape index (κ1) is 8.59. The number of aryl methyl sites for hydroxylation is 1. The molecule has 1 aromatic rings. The highest BCUT2D eigenvalue weighted by Crippen LogP contribution is 2.15. The third-order valence-electron chi connectivity index (χ3n) is 1.50. The molecule has 1 amide bonds. The molecule has 0 aliphatic rings. The fourth-order valence-corrected chi connectivity index (χ4v) is 0.822. The molecule has 0 radical (unpaired) electrons. The molecule has 1 rings (SSSR count). The predicted molar refractivity (Wildman–Crippen MR) is 46.3 cm³/mol. The van der Waals surface area contributed by atoms with E-state index in [-0.39, 0.29) is 0 Å². The lowest BCUT2D eigenvalue weighted by Crippen LogP contribution is -2.22. The average molecular weight is 165 g/mol. The molecule has 3 nitrogen and oxygen atoms in total. The van der Waals surface area contributed by atoms with Gasteiger partial charge in [-0.3, -0.25) is 0 Å². The molecule has 0 unspecified atom stereocenters. The van der Waals surface area contributed by atoms with Crippen LogP contribution < -0.4 is 10.1 Å². The lowest BCUT2D eigenvalue weighted by atomic mass is 10.2. The minimum atomic E-state index is -0.440. The summed E-state index contributed by atoms with van der Waals surface area (Å²) in [5, 5.41) is 2.38. The van der Waals surface area contributed by atoms with Crippen LogP contribution in [0.1, 0.15) is 5.56 Å². The highest BCUT2D eigenvalue weighted by atomic mass is 16.6. The Morgan fingerprint density at radius 3 is 2.67 bits per heavy atom. The van der Waals surface area contributed by atoms with Gasteiger partial charge >= 0.3 is 6.09 Å². The third kappa shape index (κ3) is 1.99. The summed E-state index contributed by atoms with van der Waals surface area (Å²) in [7, 11) is 1.53. The Bertz CT molecular complexity index is 284. The van der Waals surface area contributed by atoms with Gasteiger partial charge in [0, 0.05) is 7.05 Å². The van der Waals surface area contributed by atoms with E-state index in [1.807, 2.05) is 25.1 Å². The number of para-hydroxylation sites is 1. The van der Waals surface area contributed by atoms with E-state index in [1.165, 1.54) is 7.05 Å². The quantitative estimate of drug-likeness (QED) is 0.688. The van der Waals surface area contributed by atoms with Crippen molar-refractivity contribution in [1.29, 1.82) is 0 Å². The molecule has 0 saturated heterocycles. The largest absolute Gasteiger partial charge is 0.412 e. The minimum absolute atomic E-state index is 0.440. The van der Waals surface area contributed by atoms with Crippen molar-refractivity contribution < 1.29 is 9.53 Å². The standard InChI is InChI=1S/C9H11NO2/c1-7-5-3-4-6-8(7)12-9(11)10-2/h3-6H,1-2H3,(H,10,11). The number of rotatable bonds is 1. The normalized spacial score (nSPS) is 9.17. The van der Waals surface area contributed by atoms with Gasteiger partial charge in [-0.05, 0) is 18.6 Å². The Morgan fingerprint density at radius 2 is 2.08 bits per heavy atom. The molecule has 0 heterocycles. The van der Waals surface area contributed by atoms with E-state index in [0.717, 1.165) is 5.56 Å². The van der Waals surface area contributed by atoms with Crippen LogP contribution in [0.25, 0.3) is 0 Å². The summed E-state index contributed by atoms with van der Waals surface area (Å²) >= 11 is 0. The van der Waals surface area contributed by atoms with Crippen LogP contribution in [-0.4, -0.2) is 13.1 Å². The van der Waals surface area contributed by atoms with Crippen LogP contribution in [0, 0.1) is 6.92 Å². The number of hydrogen-bond acceptors (Lipinski definition) is 2. The van der Waals surface area contributed by atoms with Crippen molar-refractivity contribution in [1.82, 2.24) is 5.32 Å². The van der Waals surface area contributed by atoms with E-state index >= 15 is 0 Å². The molecular weight excluding hydrogens is 154 g/mol. The Labute approximate surface area is 71.4 Å². The monoisotopic (exact) mass is 165 g/mol. The molecule has 0 atom stereocenters. The van der Waals surface area contributed by atoms with E-state index in [0.29, 0.717) is 5.75 Å². The number of amides is 1. The average Bonchev–Trinajstić information content (AvgIpc) is 2.09. The van der Waals surface area contributed by atoms with Crippen molar-refractivity contribution in [2.75, 3.05) is 7.05 Å². The molecular formula is C9H11NO2. The van der Waals surface area contributed by atoms with Crippen LogP contribution in [0.2, 0.25) is 0 Å². The number of carbonyl (C=O) groups excluding carboxylic acids is 1. The van der Waals surface area contributed by atoms with Crippen molar-refractivity contribution in [2.45, 2.75) is 6.92 Å². The summed E-state index contributed by atoms with van der Waals surface area (Å²) < 4.78 is 4.94. The third-order valence-corrected chi connectivity index (χ3v) is 1.50. The number of carbonyl (C=O) groups is 1. The lowest BCUT2D eigenvalue weighted by Gasteiger charge is -2.04. The maximum atomic E-state index is 10.8. The molecule has 0 aromatic heterocycles. The molecule has 3 heteroatoms. The molecule has 0 fully saturated rings. The number of nitrogens with one attached hydrogen (secondary N) is 1. The summed E-state index contributed by atoms with van der Waals surface area (Å²) in [4.78, 5) is 10.8. The summed E-state index contributed by atoms with van der Waals surface area (Å²) in [6, 6.07) is 7.36. The highest BCUT2D eigenvalue weighted by Gasteiger charge is 2.02. The summed E-state index contributed by atoms with van der Waals surface area (Å²) in [5.74, 6) is 0.594. The molecule has 0 aliphatic heterocycles. The smallest absolute Gasteiger partial charge is 0.410 e. The Morgan fingerprint density at radius 1 is 1.42 bits per heavy atom. The second kappa shape index (κ2) is 3.76. The maximum absolute atomic E-state index is 10.8. The fraction of sp³-hybridized carbons (Fsp3) is 0.222. The van der Waals surface area contributed by atoms with Crippen LogP contribution in [0.3, 0.4) is 0 Å². The topological polar surface area (TPSA) is 38.3 Å². The van der Waals surface area contributed by atoms with Gasteiger partial charge in [-0.1, -0.05) is 18.2 Å². The van der Waals surface area contributed by atoms with Gasteiger partial charge < -0.3 is 10.1 Å². The summed E-state index contributed by atoms with van der Waals surface area (Å²) in [5.41, 5.74) is 0.945. The van der Waals surface area contributed by atoms with E-state index in [1.54, 1.807) is 6.07 Å². The van der Waals surface area contributed by atoms with Gasteiger partial charge in [-0.2, -0.15) is 0 Å². The Balaban J connectivity index is 2.75. The first-order valence-electron chi connectivity index (χ1n) is 3.69. The SMILES string of the molecule is CNC(=O)Oc1ccccc1C. The zero-order chi connectivity index (χ0) is 8.97. The van der Waals surface area contributed by atoms with Gasteiger partial charge in [0.2, 0.25) is 0 Å². The van der Waals surface area contributed by atoms with Gasteiger partial charge in [0.15, 0.2) is 0 Å². The van der Waals surface area contributed by atoms with Crippen molar-refractivity contribution in [3.8, 4) is 5.75 Å². The first-order chi connectivity index (χ1) is 5.74. The first-order valence-corrected chi connectivity index (χ1v) is 3.69. The Hall–Kier alpha value is -1.51. The van der Waals surface area contributed by atoms with Gasteiger partial charge in [0.1, 0.15) is 5.75 Å². The van der Waals surface area contributed by atoms with Gasteiger partial charge in [-0.25, -0.2) is 4.79 Å². The van der Waals surface area contributed by atoms with Crippen molar-refractivity contribution in [3.63, 3.8) is 0 Å². The lowest BCUT2D eigenvalue weighted by molar-refractivity contribution is 0.202. The van der Waals surface area contributed by atoms with Crippen molar-refractivity contribution >= 4 is 6.09 Å². The van der Waals surface area contributed by atoms with E-state index in [4.69, 9.17) is 4.74 Å². The second-order valence-electron chi connectivity index (χ2n) is 2.41. The molecule has 0 bridgehead atoms. The van der Waals surface area contributed by atoms with Gasteiger partial charge in [-0.15, -0.1) is 0 Å². The summed E-state index contributed by atoms with van der Waals surface area (Å²) in [6.45, 7) is 1.89. The van der Waals surface area contributed by atoms with E-state index in [2.05, 4.69) is 5.32 Å². The van der Waals surface area contributed by atoms with Crippen LogP contribution >= 0.6 is 0 Å². The number of benzene rings is 1. The molecule has 0 saturated carbocycles. The van der Waals surface area contributed by atoms with Crippen molar-refractivity contribution in [3.05, 3.63) is 29.8 Å². The zero-order valence-electron chi connectivity index (χ0n) is 7.13. The second-order valence-corrected chi connectivity index (χ2v) is 2.41. The fourth-order valence-electron chi connectivity index (χ4n) is 0.822. The Kier molecular flexibility index (Phi) is 2.69. The molecule has 1 N–H and O–H groups in total. The van der Waals surface area contributed by atoms with Crippen LogP contribution in [-0.2, 0) is 0 Å². The minimum Gasteiger partial charge on any atom is -0.410 e. The van der Waals surface area contributed by atoms with Crippen molar-refractivity contribution in [2.24, 2.45) is 0 Å². The number of ether oxygens (including phenoxy) is 1.